The summed E-state index contributed by atoms with van der Waals surface area (Å²) in [7, 11) is 1.32. The van der Waals surface area contributed by atoms with E-state index < -0.39 is 29.2 Å². The van der Waals surface area contributed by atoms with E-state index in [1.54, 1.807) is 24.4 Å². The van der Waals surface area contributed by atoms with Gasteiger partial charge in [-0.1, -0.05) is 17.9 Å². The first-order chi connectivity index (χ1) is 14.4. The molecule has 0 saturated carbocycles. The third-order valence-corrected chi connectivity index (χ3v) is 5.02. The number of fused-ring (bicyclic) bond motifs is 1. The highest BCUT2D eigenvalue weighted by atomic mass is 19.1. The third kappa shape index (κ3) is 3.33. The first-order valence-electron chi connectivity index (χ1n) is 9.15. The van der Waals surface area contributed by atoms with Gasteiger partial charge >= 0.3 is 6.03 Å². The van der Waals surface area contributed by atoms with Gasteiger partial charge in [-0.2, -0.15) is 0 Å². The molecule has 30 heavy (non-hydrogen) atoms. The number of ether oxygens (including phenoxy) is 1. The number of nitrogens with zero attached hydrogens (tertiary/aromatic N) is 2. The lowest BCUT2D eigenvalue weighted by Crippen LogP contribution is -2.56. The second-order valence-electron chi connectivity index (χ2n) is 6.90. The van der Waals surface area contributed by atoms with Crippen LogP contribution in [0.5, 0.6) is 5.75 Å². The number of urea groups is 1. The highest BCUT2D eigenvalue weighted by Gasteiger charge is 2.48. The third-order valence-electron chi connectivity index (χ3n) is 5.02. The molecular formula is C21H17FN4O4. The molecule has 0 radical (unpaired) electrons. The lowest BCUT2D eigenvalue weighted by molar-refractivity contribution is -0.122. The van der Waals surface area contributed by atoms with E-state index in [0.717, 1.165) is 0 Å². The number of carbonyl (C=O) groups excluding carboxylic acids is 3. The number of hydrogen-bond acceptors (Lipinski definition) is 5. The number of aromatic nitrogens is 1. The van der Waals surface area contributed by atoms with Gasteiger partial charge in [-0.3, -0.25) is 19.9 Å². The summed E-state index contributed by atoms with van der Waals surface area (Å²) < 4.78 is 19.7. The Bertz CT molecular complexity index is 1110. The molecule has 2 aliphatic heterocycles. The normalized spacial score (nSPS) is 20.1. The molecule has 0 bridgehead atoms. The van der Waals surface area contributed by atoms with Crippen molar-refractivity contribution in [3.05, 3.63) is 59.2 Å². The standard InChI is InChI=1S/C21H17FN4O4/c1-30-15-5-4-14-7-10-26(18(27)16(14)17(15)22)12-21(19(28)24-20(29)25-21)8-6-13-3-2-9-23-11-13/h2-5,9,11H,7,10,12H2,1H3,(H2,24,25,28,29)/t21-/m1/s1. The van der Waals surface area contributed by atoms with Crippen LogP contribution in [0.15, 0.2) is 36.7 Å². The number of carbonyl (C=O) groups is 3. The maximum Gasteiger partial charge on any atom is 0.323 e. The van der Waals surface area contributed by atoms with Crippen molar-refractivity contribution in [2.45, 2.75) is 12.0 Å². The molecule has 152 valence electrons. The molecule has 4 rings (SSSR count). The predicted molar refractivity (Wildman–Crippen MR) is 103 cm³/mol. The summed E-state index contributed by atoms with van der Waals surface area (Å²) in [4.78, 5) is 42.7. The number of amides is 4. The Kier molecular flexibility index (Phi) is 4.83. The number of rotatable bonds is 3. The molecule has 1 aromatic heterocycles. The number of benzene rings is 1. The van der Waals surface area contributed by atoms with Gasteiger partial charge in [-0.05, 0) is 30.2 Å². The molecule has 2 aliphatic rings. The molecule has 1 aromatic carbocycles. The molecule has 3 heterocycles. The van der Waals surface area contributed by atoms with Crippen LogP contribution < -0.4 is 15.4 Å². The predicted octanol–water partition coefficient (Wildman–Crippen LogP) is 0.857. The average molecular weight is 408 g/mol. The number of nitrogens with one attached hydrogen (secondary N) is 2. The molecular weight excluding hydrogens is 391 g/mol. The second-order valence-corrected chi connectivity index (χ2v) is 6.90. The Balaban J connectivity index is 1.68. The largest absolute Gasteiger partial charge is 0.494 e. The van der Waals surface area contributed by atoms with Crippen molar-refractivity contribution in [1.29, 1.82) is 0 Å². The molecule has 9 heteroatoms. The minimum Gasteiger partial charge on any atom is -0.494 e. The van der Waals surface area contributed by atoms with Crippen molar-refractivity contribution in [3.63, 3.8) is 0 Å². The second kappa shape index (κ2) is 7.48. The van der Waals surface area contributed by atoms with Crippen LogP contribution in [-0.2, 0) is 11.2 Å². The number of pyridine rings is 1. The van der Waals surface area contributed by atoms with Crippen LogP contribution in [0.4, 0.5) is 9.18 Å². The molecule has 0 aliphatic carbocycles. The van der Waals surface area contributed by atoms with Crippen LogP contribution in [0, 0.1) is 17.7 Å². The molecule has 2 N–H and O–H groups in total. The van der Waals surface area contributed by atoms with Crippen LogP contribution in [0.2, 0.25) is 0 Å². The van der Waals surface area contributed by atoms with E-state index in [1.165, 1.54) is 24.3 Å². The van der Waals surface area contributed by atoms with E-state index in [1.807, 2.05) is 0 Å². The summed E-state index contributed by atoms with van der Waals surface area (Å²) in [6.45, 7) is 0.0177. The highest BCUT2D eigenvalue weighted by molar-refractivity contribution is 6.10. The maximum atomic E-state index is 14.7. The molecule has 8 nitrogen and oxygen atoms in total. The van der Waals surface area contributed by atoms with Crippen LogP contribution in [0.1, 0.15) is 21.5 Å². The monoisotopic (exact) mass is 408 g/mol. The lowest BCUT2D eigenvalue weighted by Gasteiger charge is -2.33. The Morgan fingerprint density at radius 2 is 2.13 bits per heavy atom. The van der Waals surface area contributed by atoms with Gasteiger partial charge in [0.25, 0.3) is 11.8 Å². The topological polar surface area (TPSA) is 101 Å². The van der Waals surface area contributed by atoms with Crippen LogP contribution in [0.25, 0.3) is 0 Å². The molecule has 1 saturated heterocycles. The fraction of sp³-hybridized carbons (Fsp3) is 0.238. The van der Waals surface area contributed by atoms with E-state index in [-0.39, 0.29) is 24.4 Å². The molecule has 1 fully saturated rings. The molecule has 4 amide bonds. The summed E-state index contributed by atoms with van der Waals surface area (Å²) in [5.41, 5.74) is -0.655. The minimum absolute atomic E-state index is 0.0399. The lowest BCUT2D eigenvalue weighted by atomic mass is 9.94. The van der Waals surface area contributed by atoms with Gasteiger partial charge in [0, 0.05) is 24.5 Å². The first kappa shape index (κ1) is 19.4. The summed E-state index contributed by atoms with van der Waals surface area (Å²) in [6.07, 6.45) is 3.49. The maximum absolute atomic E-state index is 14.7. The average Bonchev–Trinajstić information content (AvgIpc) is 3.02. The summed E-state index contributed by atoms with van der Waals surface area (Å²) in [6, 6.07) is 5.80. The zero-order valence-corrected chi connectivity index (χ0v) is 16.0. The summed E-state index contributed by atoms with van der Waals surface area (Å²) >= 11 is 0. The highest BCUT2D eigenvalue weighted by Crippen LogP contribution is 2.29. The van der Waals surface area contributed by atoms with Crippen molar-refractivity contribution in [1.82, 2.24) is 20.5 Å². The Labute approximate surface area is 171 Å². The fourth-order valence-electron chi connectivity index (χ4n) is 3.49. The SMILES string of the molecule is COc1ccc2c(c1F)C(=O)N(C[C@@]1(C#Cc3cccnc3)NC(=O)NC1=O)CC2. The van der Waals surface area contributed by atoms with Crippen molar-refractivity contribution >= 4 is 17.8 Å². The van der Waals surface area contributed by atoms with E-state index in [9.17, 15) is 18.8 Å². The van der Waals surface area contributed by atoms with Crippen LogP contribution >= 0.6 is 0 Å². The van der Waals surface area contributed by atoms with E-state index in [0.29, 0.717) is 17.5 Å². The Morgan fingerprint density at radius 3 is 2.80 bits per heavy atom. The molecule has 0 spiro atoms. The number of halogens is 1. The molecule has 1 atom stereocenters. The smallest absolute Gasteiger partial charge is 0.323 e. The zero-order chi connectivity index (χ0) is 21.3. The van der Waals surface area contributed by atoms with Gasteiger partial charge in [0.2, 0.25) is 5.54 Å². The zero-order valence-electron chi connectivity index (χ0n) is 16.0. The van der Waals surface area contributed by atoms with Crippen LogP contribution in [-0.4, -0.2) is 53.5 Å². The van der Waals surface area contributed by atoms with Gasteiger partial charge in [-0.25, -0.2) is 9.18 Å². The van der Waals surface area contributed by atoms with E-state index in [2.05, 4.69) is 27.5 Å². The van der Waals surface area contributed by atoms with Gasteiger partial charge in [0.05, 0.1) is 19.2 Å². The van der Waals surface area contributed by atoms with Crippen molar-refractivity contribution in [2.75, 3.05) is 20.2 Å². The van der Waals surface area contributed by atoms with Crippen molar-refractivity contribution in [3.8, 4) is 17.6 Å². The van der Waals surface area contributed by atoms with Gasteiger partial charge < -0.3 is 15.0 Å². The number of hydrogen-bond donors (Lipinski definition) is 2. The van der Waals surface area contributed by atoms with Gasteiger partial charge in [-0.15, -0.1) is 0 Å². The van der Waals surface area contributed by atoms with Crippen LogP contribution in [0.3, 0.4) is 0 Å². The minimum atomic E-state index is -1.66. The summed E-state index contributed by atoms with van der Waals surface area (Å²) in [5, 5.41) is 4.67. The molecule has 2 aromatic rings. The van der Waals surface area contributed by atoms with E-state index in [4.69, 9.17) is 4.74 Å². The quantitative estimate of drug-likeness (QED) is 0.580. The molecule has 0 unspecified atom stereocenters. The van der Waals surface area contributed by atoms with Gasteiger partial charge in [0.1, 0.15) is 0 Å². The van der Waals surface area contributed by atoms with Crippen molar-refractivity contribution in [2.24, 2.45) is 0 Å². The Hall–Kier alpha value is -3.93. The first-order valence-corrected chi connectivity index (χ1v) is 9.15. The summed E-state index contributed by atoms with van der Waals surface area (Å²) in [5.74, 6) is 3.53. The number of imide groups is 1. The fourth-order valence-corrected chi connectivity index (χ4v) is 3.49. The van der Waals surface area contributed by atoms with E-state index >= 15 is 0 Å². The van der Waals surface area contributed by atoms with Crippen molar-refractivity contribution < 1.29 is 23.5 Å². The number of methoxy groups -OCH3 is 1. The Morgan fingerprint density at radius 1 is 1.30 bits per heavy atom. The van der Waals surface area contributed by atoms with Gasteiger partial charge in [0.15, 0.2) is 11.6 Å².